The van der Waals surface area contributed by atoms with Crippen molar-refractivity contribution in [3.8, 4) is 11.5 Å². The summed E-state index contributed by atoms with van der Waals surface area (Å²) in [4.78, 5) is 12.3. The number of rotatable bonds is 10. The number of halogens is 1. The van der Waals surface area contributed by atoms with E-state index in [0.29, 0.717) is 17.4 Å². The van der Waals surface area contributed by atoms with E-state index in [1.54, 1.807) is 36.4 Å². The van der Waals surface area contributed by atoms with Gasteiger partial charge in [-0.15, -0.1) is 0 Å². The summed E-state index contributed by atoms with van der Waals surface area (Å²) in [7, 11) is -2.40. The lowest BCUT2D eigenvalue weighted by atomic mass is 10.2. The summed E-state index contributed by atoms with van der Waals surface area (Å²) < 4.78 is 35.9. The number of sulfonamides is 1. The third-order valence-corrected chi connectivity index (χ3v) is 5.11. The van der Waals surface area contributed by atoms with E-state index in [1.165, 1.54) is 25.5 Å². The summed E-state index contributed by atoms with van der Waals surface area (Å²) in [6, 6.07) is 11.5. The molecule has 8 nitrogen and oxygen atoms in total. The van der Waals surface area contributed by atoms with Crippen LogP contribution >= 0.6 is 11.6 Å². The van der Waals surface area contributed by atoms with Gasteiger partial charge in [-0.25, -0.2) is 13.8 Å². The fraction of sp³-hybridized carbons (Fsp3) is 0.200. The van der Waals surface area contributed by atoms with Crippen molar-refractivity contribution >= 4 is 39.4 Å². The first-order chi connectivity index (χ1) is 14.2. The standard InChI is InChI=1S/C20H22ClN3O5S/c1-4-11-29-17-8-5-15(6-9-17)13-22-23-20(25)14-24(30(3,26)27)18-12-16(21)7-10-19(18)28-2/h4-10,12-13H,1,11,14H2,2-3H3,(H,23,25)/b22-13-. The van der Waals surface area contributed by atoms with Crippen molar-refractivity contribution in [2.24, 2.45) is 5.10 Å². The number of amides is 1. The van der Waals surface area contributed by atoms with E-state index in [9.17, 15) is 13.2 Å². The molecule has 0 aromatic heterocycles. The van der Waals surface area contributed by atoms with Crippen molar-refractivity contribution in [1.29, 1.82) is 0 Å². The highest BCUT2D eigenvalue weighted by Crippen LogP contribution is 2.32. The molecule has 2 aromatic carbocycles. The molecule has 2 aromatic rings. The minimum absolute atomic E-state index is 0.154. The van der Waals surface area contributed by atoms with Crippen LogP contribution in [-0.2, 0) is 14.8 Å². The number of hydrogen-bond acceptors (Lipinski definition) is 6. The molecule has 0 radical (unpaired) electrons. The molecule has 0 aliphatic rings. The molecule has 0 saturated heterocycles. The minimum atomic E-state index is -3.79. The van der Waals surface area contributed by atoms with Crippen LogP contribution in [0.2, 0.25) is 5.02 Å². The summed E-state index contributed by atoms with van der Waals surface area (Å²) in [5.74, 6) is 0.305. The molecule has 0 unspecified atom stereocenters. The second-order valence-electron chi connectivity index (χ2n) is 6.05. The van der Waals surface area contributed by atoms with Gasteiger partial charge >= 0.3 is 0 Å². The highest BCUT2D eigenvalue weighted by atomic mass is 35.5. The molecule has 0 aliphatic heterocycles. The Morgan fingerprint density at radius 2 is 1.97 bits per heavy atom. The highest BCUT2D eigenvalue weighted by Gasteiger charge is 2.24. The lowest BCUT2D eigenvalue weighted by Crippen LogP contribution is -2.39. The maximum Gasteiger partial charge on any atom is 0.260 e. The Morgan fingerprint density at radius 3 is 2.57 bits per heavy atom. The van der Waals surface area contributed by atoms with Gasteiger partial charge in [-0.3, -0.25) is 9.10 Å². The van der Waals surface area contributed by atoms with Crippen molar-refractivity contribution in [2.75, 3.05) is 30.8 Å². The maximum atomic E-state index is 12.3. The number of anilines is 1. The number of carbonyl (C=O) groups excluding carboxylic acids is 1. The first-order valence-electron chi connectivity index (χ1n) is 8.71. The SMILES string of the molecule is C=CCOc1ccc(/C=N\NC(=O)CN(c2cc(Cl)ccc2OC)S(C)(=O)=O)cc1. The van der Waals surface area contributed by atoms with Crippen LogP contribution in [0, 0.1) is 0 Å². The van der Waals surface area contributed by atoms with Crippen molar-refractivity contribution in [2.45, 2.75) is 0 Å². The molecule has 30 heavy (non-hydrogen) atoms. The van der Waals surface area contributed by atoms with Crippen LogP contribution in [0.1, 0.15) is 5.56 Å². The molecule has 2 rings (SSSR count). The Hall–Kier alpha value is -3.04. The second kappa shape index (κ2) is 10.7. The summed E-state index contributed by atoms with van der Waals surface area (Å²) in [5, 5.41) is 4.17. The van der Waals surface area contributed by atoms with Gasteiger partial charge in [0.05, 0.1) is 25.3 Å². The molecule has 0 atom stereocenters. The van der Waals surface area contributed by atoms with E-state index in [2.05, 4.69) is 17.1 Å². The number of benzene rings is 2. The van der Waals surface area contributed by atoms with Crippen LogP contribution in [0.3, 0.4) is 0 Å². The second-order valence-corrected chi connectivity index (χ2v) is 8.39. The normalized spacial score (nSPS) is 11.2. The van der Waals surface area contributed by atoms with E-state index < -0.39 is 22.5 Å². The van der Waals surface area contributed by atoms with Crippen molar-refractivity contribution < 1.29 is 22.7 Å². The molecular formula is C20H22ClN3O5S. The maximum absolute atomic E-state index is 12.3. The van der Waals surface area contributed by atoms with Gasteiger partial charge in [0.25, 0.3) is 5.91 Å². The third kappa shape index (κ3) is 6.78. The number of nitrogens with one attached hydrogen (secondary N) is 1. The number of carbonyl (C=O) groups is 1. The van der Waals surface area contributed by atoms with E-state index in [-0.39, 0.29) is 11.4 Å². The fourth-order valence-corrected chi connectivity index (χ4v) is 3.41. The first-order valence-corrected chi connectivity index (χ1v) is 10.9. The predicted molar refractivity (Wildman–Crippen MR) is 118 cm³/mol. The average molecular weight is 452 g/mol. The number of nitrogens with zero attached hydrogens (tertiary/aromatic N) is 2. The zero-order valence-electron chi connectivity index (χ0n) is 16.5. The summed E-state index contributed by atoms with van der Waals surface area (Å²) in [6.07, 6.45) is 4.06. The van der Waals surface area contributed by atoms with Gasteiger partial charge in [0, 0.05) is 5.02 Å². The van der Waals surface area contributed by atoms with Crippen LogP contribution in [0.4, 0.5) is 5.69 Å². The molecule has 1 amide bonds. The molecule has 0 fully saturated rings. The lowest BCUT2D eigenvalue weighted by Gasteiger charge is -2.23. The quantitative estimate of drug-likeness (QED) is 0.340. The van der Waals surface area contributed by atoms with Gasteiger partial charge in [-0.05, 0) is 48.0 Å². The van der Waals surface area contributed by atoms with Crippen LogP contribution in [0.25, 0.3) is 0 Å². The van der Waals surface area contributed by atoms with Gasteiger partial charge in [-0.2, -0.15) is 5.10 Å². The molecular weight excluding hydrogens is 430 g/mol. The lowest BCUT2D eigenvalue weighted by molar-refractivity contribution is -0.119. The summed E-state index contributed by atoms with van der Waals surface area (Å²) in [6.45, 7) is 3.48. The van der Waals surface area contributed by atoms with Crippen molar-refractivity contribution in [1.82, 2.24) is 5.43 Å². The van der Waals surface area contributed by atoms with E-state index in [0.717, 1.165) is 16.1 Å². The molecule has 0 saturated carbocycles. The Labute approximate surface area is 180 Å². The van der Waals surface area contributed by atoms with E-state index in [4.69, 9.17) is 21.1 Å². The average Bonchev–Trinajstić information content (AvgIpc) is 2.70. The van der Waals surface area contributed by atoms with Crippen LogP contribution in [0.5, 0.6) is 11.5 Å². The van der Waals surface area contributed by atoms with Crippen molar-refractivity contribution in [3.63, 3.8) is 0 Å². The number of hydrogen-bond donors (Lipinski definition) is 1. The van der Waals surface area contributed by atoms with Crippen LogP contribution in [0.15, 0.2) is 60.2 Å². The smallest absolute Gasteiger partial charge is 0.260 e. The number of ether oxygens (including phenoxy) is 2. The van der Waals surface area contributed by atoms with E-state index in [1.807, 2.05) is 0 Å². The van der Waals surface area contributed by atoms with Gasteiger partial charge in [-0.1, -0.05) is 24.3 Å². The van der Waals surface area contributed by atoms with E-state index >= 15 is 0 Å². The zero-order valence-corrected chi connectivity index (χ0v) is 18.1. The molecule has 1 N–H and O–H groups in total. The summed E-state index contributed by atoms with van der Waals surface area (Å²) in [5.41, 5.74) is 3.19. The first kappa shape index (κ1) is 23.2. The Balaban J connectivity index is 2.08. The predicted octanol–water partition coefficient (Wildman–Crippen LogP) is 2.83. The molecule has 0 bridgehead atoms. The van der Waals surface area contributed by atoms with Gasteiger partial charge in [0.15, 0.2) is 0 Å². The Kier molecular flexibility index (Phi) is 8.25. The molecule has 0 aliphatic carbocycles. The third-order valence-electron chi connectivity index (χ3n) is 3.75. The Morgan fingerprint density at radius 1 is 1.27 bits per heavy atom. The monoisotopic (exact) mass is 451 g/mol. The number of methoxy groups -OCH3 is 1. The topological polar surface area (TPSA) is 97.3 Å². The van der Waals surface area contributed by atoms with Crippen LogP contribution in [-0.4, -0.2) is 47.1 Å². The van der Waals surface area contributed by atoms with Gasteiger partial charge < -0.3 is 9.47 Å². The molecule has 0 spiro atoms. The fourth-order valence-electron chi connectivity index (χ4n) is 2.39. The molecule has 10 heteroatoms. The van der Waals surface area contributed by atoms with Crippen molar-refractivity contribution in [3.05, 3.63) is 65.7 Å². The summed E-state index contributed by atoms with van der Waals surface area (Å²) >= 11 is 5.98. The van der Waals surface area contributed by atoms with Crippen LogP contribution < -0.4 is 19.2 Å². The Bertz CT molecular complexity index is 1020. The minimum Gasteiger partial charge on any atom is -0.495 e. The highest BCUT2D eigenvalue weighted by molar-refractivity contribution is 7.92. The largest absolute Gasteiger partial charge is 0.495 e. The molecule has 160 valence electrons. The zero-order chi connectivity index (χ0) is 22.1. The van der Waals surface area contributed by atoms with Gasteiger partial charge in [0.2, 0.25) is 10.0 Å². The molecule has 0 heterocycles. The number of hydrazone groups is 1. The van der Waals surface area contributed by atoms with Gasteiger partial charge in [0.1, 0.15) is 24.7 Å².